The van der Waals surface area contributed by atoms with E-state index in [0.717, 1.165) is 11.8 Å². The molecule has 2 aromatic heterocycles. The van der Waals surface area contributed by atoms with Gasteiger partial charge in [-0.05, 0) is 38.6 Å². The molecule has 0 saturated heterocycles. The number of carboxylic acids is 1. The molecule has 0 bridgehead atoms. The Morgan fingerprint density at radius 3 is 2.80 bits per heavy atom. The van der Waals surface area contributed by atoms with E-state index < -0.39 is 5.97 Å². The van der Waals surface area contributed by atoms with Crippen molar-refractivity contribution in [1.82, 2.24) is 19.7 Å². The van der Waals surface area contributed by atoms with Crippen molar-refractivity contribution in [3.63, 3.8) is 0 Å². The van der Waals surface area contributed by atoms with Crippen molar-refractivity contribution in [2.45, 2.75) is 36.9 Å². The van der Waals surface area contributed by atoms with Crippen LogP contribution in [0.25, 0.3) is 0 Å². The molecule has 0 aromatic carbocycles. The summed E-state index contributed by atoms with van der Waals surface area (Å²) in [4.78, 5) is 27.3. The smallest absolute Gasteiger partial charge is 0.344 e. The molecule has 2 N–H and O–H groups in total. The first kappa shape index (κ1) is 14.3. The van der Waals surface area contributed by atoms with Gasteiger partial charge in [-0.1, -0.05) is 0 Å². The van der Waals surface area contributed by atoms with Crippen LogP contribution >= 0.6 is 11.8 Å². The van der Waals surface area contributed by atoms with Crippen LogP contribution in [-0.2, 0) is 0 Å². The fourth-order valence-corrected chi connectivity index (χ4v) is 2.86. The second kappa shape index (κ2) is 5.49. The minimum atomic E-state index is -1.06. The summed E-state index contributed by atoms with van der Waals surface area (Å²) in [6, 6.07) is 1.60. The van der Waals surface area contributed by atoms with E-state index in [-0.39, 0.29) is 17.3 Å². The number of nitrogens with zero attached hydrogens (tertiary/aromatic N) is 3. The van der Waals surface area contributed by atoms with Gasteiger partial charge < -0.3 is 5.11 Å². The van der Waals surface area contributed by atoms with E-state index in [1.165, 1.54) is 10.8 Å². The third-order valence-corrected chi connectivity index (χ3v) is 3.65. The molecule has 0 unspecified atom stereocenters. The van der Waals surface area contributed by atoms with Gasteiger partial charge in [-0.15, -0.1) is 5.10 Å². The van der Waals surface area contributed by atoms with E-state index >= 15 is 0 Å². The number of rotatable bonds is 4. The quantitative estimate of drug-likeness (QED) is 0.890. The van der Waals surface area contributed by atoms with Crippen LogP contribution in [0.15, 0.2) is 27.1 Å². The van der Waals surface area contributed by atoms with Crippen LogP contribution in [0.5, 0.6) is 0 Å². The number of aromatic nitrogens is 4. The molecule has 8 heteroatoms. The zero-order chi connectivity index (χ0) is 14.9. The van der Waals surface area contributed by atoms with Crippen molar-refractivity contribution in [3.8, 4) is 0 Å². The van der Waals surface area contributed by atoms with Gasteiger partial charge in [-0.2, -0.15) is 0 Å². The molecule has 20 heavy (non-hydrogen) atoms. The summed E-state index contributed by atoms with van der Waals surface area (Å²) in [5.41, 5.74) is 0.475. The normalized spacial score (nSPS) is 11.0. The standard InChI is InChI=1S/C12H14N4O3S/c1-6(2)16-11(19)14-15-12(16)20-9-4-7(3)13-5-8(9)10(17)18/h4-6H,1-3H3,(H,14,19)(H,17,18). The lowest BCUT2D eigenvalue weighted by Gasteiger charge is -2.10. The van der Waals surface area contributed by atoms with Crippen molar-refractivity contribution in [1.29, 1.82) is 0 Å². The number of aryl methyl sites for hydroxylation is 1. The highest BCUT2D eigenvalue weighted by Gasteiger charge is 2.17. The van der Waals surface area contributed by atoms with Crippen LogP contribution in [-0.4, -0.2) is 30.8 Å². The molecule has 0 atom stereocenters. The second-order valence-electron chi connectivity index (χ2n) is 4.50. The maximum atomic E-state index is 11.7. The zero-order valence-electron chi connectivity index (χ0n) is 11.2. The third-order valence-electron chi connectivity index (χ3n) is 2.62. The summed E-state index contributed by atoms with van der Waals surface area (Å²) in [6.45, 7) is 5.49. The number of H-pyrrole nitrogens is 1. The SMILES string of the molecule is Cc1cc(Sc2n[nH]c(=O)n2C(C)C)c(C(=O)O)cn1. The molecule has 106 valence electrons. The Bertz CT molecular complexity index is 705. The average molecular weight is 294 g/mol. The zero-order valence-corrected chi connectivity index (χ0v) is 12.1. The van der Waals surface area contributed by atoms with E-state index in [0.29, 0.717) is 15.7 Å². The monoisotopic (exact) mass is 294 g/mol. The lowest BCUT2D eigenvalue weighted by molar-refractivity contribution is 0.0692. The molecule has 0 fully saturated rings. The number of hydrogen-bond donors (Lipinski definition) is 2. The number of aromatic amines is 1. The molecule has 2 rings (SSSR count). The minimum absolute atomic E-state index is 0.0695. The number of carboxylic acid groups (broad SMARTS) is 1. The predicted molar refractivity (Wildman–Crippen MR) is 73.3 cm³/mol. The highest BCUT2D eigenvalue weighted by Crippen LogP contribution is 2.29. The van der Waals surface area contributed by atoms with Crippen molar-refractivity contribution in [2.75, 3.05) is 0 Å². The molecule has 0 amide bonds. The number of nitrogens with one attached hydrogen (secondary N) is 1. The molecule has 0 saturated carbocycles. The lowest BCUT2D eigenvalue weighted by atomic mass is 10.2. The molecular weight excluding hydrogens is 280 g/mol. The molecule has 2 aromatic rings. The highest BCUT2D eigenvalue weighted by atomic mass is 32.2. The molecule has 0 aliphatic heterocycles. The van der Waals surface area contributed by atoms with E-state index in [1.54, 1.807) is 13.0 Å². The second-order valence-corrected chi connectivity index (χ2v) is 5.51. The van der Waals surface area contributed by atoms with Gasteiger partial charge in [-0.3, -0.25) is 9.55 Å². The average Bonchev–Trinajstić information content (AvgIpc) is 2.70. The summed E-state index contributed by atoms with van der Waals surface area (Å²) in [5, 5.41) is 15.9. The predicted octanol–water partition coefficient (Wildman–Crippen LogP) is 1.71. The van der Waals surface area contributed by atoms with Gasteiger partial charge in [-0.25, -0.2) is 14.7 Å². The molecule has 7 nitrogen and oxygen atoms in total. The van der Waals surface area contributed by atoms with Crippen molar-refractivity contribution in [3.05, 3.63) is 34.0 Å². The first-order valence-corrected chi connectivity index (χ1v) is 6.76. The Hall–Kier alpha value is -2.09. The van der Waals surface area contributed by atoms with Gasteiger partial charge in [0, 0.05) is 22.8 Å². The Morgan fingerprint density at radius 2 is 2.20 bits per heavy atom. The Balaban J connectivity index is 2.47. The maximum absolute atomic E-state index is 11.7. The van der Waals surface area contributed by atoms with E-state index in [2.05, 4.69) is 15.2 Å². The Morgan fingerprint density at radius 1 is 1.50 bits per heavy atom. The maximum Gasteiger partial charge on any atom is 0.344 e. The number of hydrogen-bond acceptors (Lipinski definition) is 5. The van der Waals surface area contributed by atoms with Gasteiger partial charge in [0.1, 0.15) is 0 Å². The number of carbonyl (C=O) groups is 1. The van der Waals surface area contributed by atoms with E-state index in [1.807, 2.05) is 13.8 Å². The molecule has 2 heterocycles. The van der Waals surface area contributed by atoms with Crippen molar-refractivity contribution in [2.24, 2.45) is 0 Å². The number of pyridine rings is 1. The largest absolute Gasteiger partial charge is 0.478 e. The Labute approximate surface area is 119 Å². The lowest BCUT2D eigenvalue weighted by Crippen LogP contribution is -2.19. The van der Waals surface area contributed by atoms with Crippen LogP contribution in [0.3, 0.4) is 0 Å². The van der Waals surface area contributed by atoms with Gasteiger partial charge in [0.25, 0.3) is 0 Å². The van der Waals surface area contributed by atoms with E-state index in [9.17, 15) is 9.59 Å². The summed E-state index contributed by atoms with van der Waals surface area (Å²) >= 11 is 1.13. The van der Waals surface area contributed by atoms with Gasteiger partial charge >= 0.3 is 11.7 Å². The fourth-order valence-electron chi connectivity index (χ4n) is 1.70. The van der Waals surface area contributed by atoms with Gasteiger partial charge in [0.15, 0.2) is 5.16 Å². The Kier molecular flexibility index (Phi) is 3.93. The van der Waals surface area contributed by atoms with Crippen LogP contribution in [0, 0.1) is 6.92 Å². The third kappa shape index (κ3) is 2.74. The van der Waals surface area contributed by atoms with Crippen LogP contribution in [0.1, 0.15) is 35.9 Å². The molecule has 0 aliphatic rings. The first-order valence-electron chi connectivity index (χ1n) is 5.95. The summed E-state index contributed by atoms with van der Waals surface area (Å²) in [7, 11) is 0. The van der Waals surface area contributed by atoms with Crippen molar-refractivity contribution < 1.29 is 9.90 Å². The summed E-state index contributed by atoms with van der Waals surface area (Å²) < 4.78 is 1.48. The fraction of sp³-hybridized carbons (Fsp3) is 0.333. The van der Waals surface area contributed by atoms with Crippen LogP contribution < -0.4 is 5.69 Å². The highest BCUT2D eigenvalue weighted by molar-refractivity contribution is 7.99. The van der Waals surface area contributed by atoms with Crippen molar-refractivity contribution >= 4 is 17.7 Å². The molecule has 0 radical (unpaired) electrons. The molecular formula is C12H14N4O3S. The summed E-state index contributed by atoms with van der Waals surface area (Å²) in [6.07, 6.45) is 1.31. The van der Waals surface area contributed by atoms with Gasteiger partial charge in [0.2, 0.25) is 0 Å². The first-order chi connectivity index (χ1) is 9.40. The topological polar surface area (TPSA) is 101 Å². The van der Waals surface area contributed by atoms with Crippen LogP contribution in [0.2, 0.25) is 0 Å². The van der Waals surface area contributed by atoms with Crippen LogP contribution in [0.4, 0.5) is 0 Å². The minimum Gasteiger partial charge on any atom is -0.478 e. The molecule has 0 spiro atoms. The summed E-state index contributed by atoms with van der Waals surface area (Å²) in [5.74, 6) is -1.06. The van der Waals surface area contributed by atoms with E-state index in [4.69, 9.17) is 5.11 Å². The molecule has 0 aliphatic carbocycles. The van der Waals surface area contributed by atoms with Gasteiger partial charge in [0.05, 0.1) is 5.56 Å². The number of aromatic carboxylic acids is 1.